The molecule has 0 saturated carbocycles. The monoisotopic (exact) mass is 256 g/mol. The highest BCUT2D eigenvalue weighted by molar-refractivity contribution is 9.10. The van der Waals surface area contributed by atoms with Gasteiger partial charge < -0.3 is 10.6 Å². The van der Waals surface area contributed by atoms with Crippen LogP contribution in [0.1, 0.15) is 19.4 Å². The molecule has 0 aliphatic heterocycles. The highest BCUT2D eigenvalue weighted by Gasteiger charge is 2.03. The Bertz CT molecular complexity index is 337. The van der Waals surface area contributed by atoms with Crippen LogP contribution in [0.25, 0.3) is 0 Å². The quantitative estimate of drug-likeness (QED) is 0.513. The van der Waals surface area contributed by atoms with E-state index in [0.717, 1.165) is 10.0 Å². The Hall–Kier alpha value is -1.03. The van der Waals surface area contributed by atoms with Crippen molar-refractivity contribution in [3.63, 3.8) is 0 Å². The van der Waals surface area contributed by atoms with Gasteiger partial charge in [0.05, 0.1) is 0 Å². The van der Waals surface area contributed by atoms with Gasteiger partial charge >= 0.3 is 0 Å². The number of nitrogens with two attached hydrogens (primary N) is 1. The van der Waals surface area contributed by atoms with Gasteiger partial charge in [-0.1, -0.05) is 39.3 Å². The first kappa shape index (κ1) is 11.0. The Morgan fingerprint density at radius 3 is 2.64 bits per heavy atom. The number of nitrogens with zero attached hydrogens (tertiary/aromatic N) is 1. The summed E-state index contributed by atoms with van der Waals surface area (Å²) in [5.41, 5.74) is 6.58. The van der Waals surface area contributed by atoms with Crippen molar-refractivity contribution in [1.29, 1.82) is 0 Å². The summed E-state index contributed by atoms with van der Waals surface area (Å²) in [4.78, 5) is 5.06. The first-order valence-electron chi connectivity index (χ1n) is 4.35. The first-order valence-corrected chi connectivity index (χ1v) is 5.14. The third kappa shape index (κ3) is 3.03. The lowest BCUT2D eigenvalue weighted by molar-refractivity contribution is 0.0858. The van der Waals surface area contributed by atoms with Crippen LogP contribution >= 0.6 is 15.9 Å². The van der Waals surface area contributed by atoms with E-state index in [1.807, 2.05) is 38.1 Å². The number of oxime groups is 1. The van der Waals surface area contributed by atoms with E-state index in [2.05, 4.69) is 21.1 Å². The molecule has 4 heteroatoms. The number of halogens is 1. The lowest BCUT2D eigenvalue weighted by Crippen LogP contribution is -2.15. The van der Waals surface area contributed by atoms with Crippen molar-refractivity contribution in [2.45, 2.75) is 20.0 Å². The summed E-state index contributed by atoms with van der Waals surface area (Å²) in [6.45, 7) is 3.80. The van der Waals surface area contributed by atoms with Crippen LogP contribution in [-0.2, 0) is 4.84 Å². The Balaban J connectivity index is 2.84. The molecule has 0 aliphatic carbocycles. The predicted octanol–water partition coefficient (Wildman–Crippen LogP) is 2.49. The van der Waals surface area contributed by atoms with Crippen LogP contribution in [0.3, 0.4) is 0 Å². The highest BCUT2D eigenvalue weighted by atomic mass is 79.9. The minimum atomic E-state index is 0.0380. The van der Waals surface area contributed by atoms with E-state index in [1.54, 1.807) is 0 Å². The van der Waals surface area contributed by atoms with E-state index >= 15 is 0 Å². The van der Waals surface area contributed by atoms with Crippen LogP contribution in [0.2, 0.25) is 0 Å². The summed E-state index contributed by atoms with van der Waals surface area (Å²) in [5, 5.41) is 3.82. The summed E-state index contributed by atoms with van der Waals surface area (Å²) < 4.78 is 0.911. The molecule has 1 rings (SSSR count). The fourth-order valence-corrected chi connectivity index (χ4v) is 1.37. The number of hydrogen-bond donors (Lipinski definition) is 1. The Morgan fingerprint density at radius 2 is 2.07 bits per heavy atom. The summed E-state index contributed by atoms with van der Waals surface area (Å²) in [5.74, 6) is 0.381. The van der Waals surface area contributed by atoms with Gasteiger partial charge in [-0.2, -0.15) is 0 Å². The van der Waals surface area contributed by atoms with E-state index in [-0.39, 0.29) is 6.10 Å². The molecule has 0 unspecified atom stereocenters. The fraction of sp³-hybridized carbons (Fsp3) is 0.300. The summed E-state index contributed by atoms with van der Waals surface area (Å²) in [6.07, 6.45) is 0.0380. The van der Waals surface area contributed by atoms with Gasteiger partial charge in [-0.25, -0.2) is 0 Å². The zero-order valence-electron chi connectivity index (χ0n) is 8.20. The van der Waals surface area contributed by atoms with E-state index < -0.39 is 0 Å². The molecule has 1 aromatic carbocycles. The van der Waals surface area contributed by atoms with Crippen molar-refractivity contribution >= 4 is 21.8 Å². The number of hydrogen-bond acceptors (Lipinski definition) is 2. The maximum atomic E-state index is 5.74. The third-order valence-corrected chi connectivity index (χ3v) is 2.20. The van der Waals surface area contributed by atoms with Gasteiger partial charge in [0.2, 0.25) is 0 Å². The summed E-state index contributed by atoms with van der Waals surface area (Å²) >= 11 is 3.39. The van der Waals surface area contributed by atoms with Crippen molar-refractivity contribution in [2.24, 2.45) is 10.9 Å². The van der Waals surface area contributed by atoms with E-state index in [4.69, 9.17) is 10.6 Å². The lowest BCUT2D eigenvalue weighted by atomic mass is 10.2. The molecule has 0 aromatic heterocycles. The van der Waals surface area contributed by atoms with Crippen LogP contribution in [0, 0.1) is 0 Å². The molecule has 0 radical (unpaired) electrons. The minimum Gasteiger partial charge on any atom is -0.391 e. The Labute approximate surface area is 92.1 Å². The van der Waals surface area contributed by atoms with Crippen LogP contribution < -0.4 is 5.73 Å². The fourth-order valence-electron chi connectivity index (χ4n) is 0.880. The second kappa shape index (κ2) is 5.00. The molecule has 0 heterocycles. The van der Waals surface area contributed by atoms with E-state index in [1.165, 1.54) is 0 Å². The minimum absolute atomic E-state index is 0.0380. The molecule has 1 aromatic rings. The molecule has 0 atom stereocenters. The van der Waals surface area contributed by atoms with Crippen LogP contribution in [0.15, 0.2) is 33.9 Å². The topological polar surface area (TPSA) is 47.6 Å². The first-order chi connectivity index (χ1) is 6.61. The molecule has 14 heavy (non-hydrogen) atoms. The highest BCUT2D eigenvalue weighted by Crippen LogP contribution is 2.15. The van der Waals surface area contributed by atoms with Gasteiger partial charge in [-0.15, -0.1) is 0 Å². The Kier molecular flexibility index (Phi) is 3.95. The summed E-state index contributed by atoms with van der Waals surface area (Å²) in [7, 11) is 0. The molecule has 0 spiro atoms. The molecule has 76 valence electrons. The van der Waals surface area contributed by atoms with Crippen molar-refractivity contribution in [3.8, 4) is 0 Å². The average molecular weight is 257 g/mol. The van der Waals surface area contributed by atoms with Gasteiger partial charge in [0.15, 0.2) is 5.84 Å². The number of benzene rings is 1. The molecule has 3 nitrogen and oxygen atoms in total. The second-order valence-corrected chi connectivity index (χ2v) is 3.96. The van der Waals surface area contributed by atoms with Gasteiger partial charge in [0, 0.05) is 10.0 Å². The Morgan fingerprint density at radius 1 is 1.43 bits per heavy atom. The summed E-state index contributed by atoms with van der Waals surface area (Å²) in [6, 6.07) is 7.61. The number of amidine groups is 1. The van der Waals surface area contributed by atoms with Gasteiger partial charge in [0.1, 0.15) is 6.10 Å². The molecule has 2 N–H and O–H groups in total. The van der Waals surface area contributed by atoms with E-state index in [9.17, 15) is 0 Å². The second-order valence-electron chi connectivity index (χ2n) is 3.11. The van der Waals surface area contributed by atoms with Crippen molar-refractivity contribution in [2.75, 3.05) is 0 Å². The zero-order chi connectivity index (χ0) is 10.6. The molecular weight excluding hydrogens is 244 g/mol. The van der Waals surface area contributed by atoms with Crippen molar-refractivity contribution < 1.29 is 4.84 Å². The number of rotatable bonds is 3. The normalized spacial score (nSPS) is 11.9. The van der Waals surface area contributed by atoms with Crippen LogP contribution in [0.4, 0.5) is 0 Å². The SMILES string of the molecule is CC(C)O/N=C(\N)c1ccccc1Br. The van der Waals surface area contributed by atoms with Crippen molar-refractivity contribution in [3.05, 3.63) is 34.3 Å². The molecule has 0 bridgehead atoms. The van der Waals surface area contributed by atoms with Crippen LogP contribution in [-0.4, -0.2) is 11.9 Å². The van der Waals surface area contributed by atoms with E-state index in [0.29, 0.717) is 5.84 Å². The predicted molar refractivity (Wildman–Crippen MR) is 61.1 cm³/mol. The molecular formula is C10H13BrN2O. The third-order valence-electron chi connectivity index (χ3n) is 1.51. The van der Waals surface area contributed by atoms with Crippen LogP contribution in [0.5, 0.6) is 0 Å². The van der Waals surface area contributed by atoms with Gasteiger partial charge in [0.25, 0.3) is 0 Å². The standard InChI is InChI=1S/C10H13BrN2O/c1-7(2)14-13-10(12)8-5-3-4-6-9(8)11/h3-7H,1-2H3,(H2,12,13). The van der Waals surface area contributed by atoms with Crippen molar-refractivity contribution in [1.82, 2.24) is 0 Å². The van der Waals surface area contributed by atoms with Gasteiger partial charge in [-0.3, -0.25) is 0 Å². The maximum absolute atomic E-state index is 5.74. The largest absolute Gasteiger partial charge is 0.391 e. The molecule has 0 aliphatic rings. The maximum Gasteiger partial charge on any atom is 0.171 e. The molecule has 0 fully saturated rings. The zero-order valence-corrected chi connectivity index (χ0v) is 9.78. The smallest absolute Gasteiger partial charge is 0.171 e. The lowest BCUT2D eigenvalue weighted by Gasteiger charge is -2.05. The average Bonchev–Trinajstić information content (AvgIpc) is 2.15. The molecule has 0 saturated heterocycles. The molecule has 0 amide bonds. The van der Waals surface area contributed by atoms with Gasteiger partial charge in [-0.05, 0) is 19.9 Å².